The molecule has 0 spiro atoms. The predicted molar refractivity (Wildman–Crippen MR) is 201 cm³/mol. The molecule has 0 unspecified atom stereocenters. The van der Waals surface area contributed by atoms with Crippen molar-refractivity contribution in [1.82, 2.24) is 44.4 Å². The predicted octanol–water partition coefficient (Wildman–Crippen LogP) is 6.55. The number of urea groups is 1. The van der Waals surface area contributed by atoms with Crippen molar-refractivity contribution in [2.75, 3.05) is 37.4 Å². The number of benzene rings is 1. The molecule has 1 aliphatic carbocycles. The Labute approximate surface area is 305 Å². The summed E-state index contributed by atoms with van der Waals surface area (Å²) < 4.78 is 12.4. The Hall–Kier alpha value is -4.62. The van der Waals surface area contributed by atoms with Crippen LogP contribution in [-0.2, 0) is 12.0 Å². The number of aromatic nitrogens is 7. The van der Waals surface area contributed by atoms with Gasteiger partial charge in [-0.1, -0.05) is 45.0 Å². The molecule has 5 heterocycles. The number of anilines is 2. The van der Waals surface area contributed by atoms with Crippen molar-refractivity contribution in [3.05, 3.63) is 77.9 Å². The first kappa shape index (κ1) is 36.2. The maximum Gasteiger partial charge on any atom is 0.320 e. The van der Waals surface area contributed by atoms with Gasteiger partial charge in [-0.05, 0) is 76.4 Å². The normalized spacial score (nSPS) is 19.1. The van der Waals surface area contributed by atoms with Crippen LogP contribution in [0.3, 0.4) is 0 Å². The number of nitrogens with one attached hydrogen (secondary N) is 2. The Morgan fingerprint density at radius 2 is 1.82 bits per heavy atom. The van der Waals surface area contributed by atoms with E-state index in [0.29, 0.717) is 11.9 Å². The van der Waals surface area contributed by atoms with E-state index in [4.69, 9.17) is 9.84 Å². The minimum atomic E-state index is -0.289. The van der Waals surface area contributed by atoms with Gasteiger partial charge in [-0.15, -0.1) is 22.6 Å². The zero-order valence-corrected chi connectivity index (χ0v) is 31.2. The van der Waals surface area contributed by atoms with Gasteiger partial charge in [0.2, 0.25) is 5.95 Å². The highest BCUT2D eigenvalue weighted by Crippen LogP contribution is 2.39. The molecule has 5 aromatic rings. The summed E-state index contributed by atoms with van der Waals surface area (Å²) in [6.45, 7) is 11.2. The minimum absolute atomic E-state index is 0. The van der Waals surface area contributed by atoms with Gasteiger partial charge < -0.3 is 19.9 Å². The van der Waals surface area contributed by atoms with Crippen molar-refractivity contribution in [3.63, 3.8) is 0 Å². The number of hydrogen-bond acceptors (Lipinski definition) is 8. The highest BCUT2D eigenvalue weighted by Gasteiger charge is 2.31. The first-order chi connectivity index (χ1) is 24.0. The number of hydrogen-bond donors (Lipinski definition) is 2. The molecule has 2 aliphatic rings. The molecule has 4 aromatic heterocycles. The summed E-state index contributed by atoms with van der Waals surface area (Å²) in [6.07, 6.45) is 10.6. The van der Waals surface area contributed by atoms with Gasteiger partial charge in [0.25, 0.3) is 0 Å². The van der Waals surface area contributed by atoms with Crippen molar-refractivity contribution >= 4 is 35.9 Å². The van der Waals surface area contributed by atoms with Crippen LogP contribution in [0.25, 0.3) is 11.3 Å². The lowest BCUT2D eigenvalue weighted by atomic mass is 9.85. The molecule has 7 rings (SSSR count). The molecule has 3 atom stereocenters. The van der Waals surface area contributed by atoms with Gasteiger partial charge in [0.1, 0.15) is 23.4 Å². The monoisotopic (exact) mass is 715 g/mol. The average Bonchev–Trinajstić information content (AvgIpc) is 3.84. The Kier molecular flexibility index (Phi) is 10.6. The van der Waals surface area contributed by atoms with E-state index in [2.05, 4.69) is 75.6 Å². The number of piperidine rings is 1. The van der Waals surface area contributed by atoms with E-state index in [9.17, 15) is 4.79 Å². The lowest BCUT2D eigenvalue weighted by Gasteiger charge is -2.33. The number of amides is 2. The molecular formula is C37H50ClN11O2. The van der Waals surface area contributed by atoms with Crippen molar-refractivity contribution in [1.29, 1.82) is 0 Å². The lowest BCUT2D eigenvalue weighted by molar-refractivity contribution is 0.171. The molecule has 51 heavy (non-hydrogen) atoms. The molecule has 13 nitrogen and oxygen atoms in total. The van der Waals surface area contributed by atoms with Gasteiger partial charge in [0.05, 0.1) is 36.9 Å². The number of halogens is 1. The fraction of sp³-hybridized carbons (Fsp3) is 0.486. The second-order valence-electron chi connectivity index (χ2n) is 14.9. The Bertz CT molecular complexity index is 1960. The SMILES string of the molecule is C[C@H]1CCCCN1c1nnc2ccc(O[C@@H]3CC[C@H](NC(=O)Nc4cc(C(C)(C)C)nn4-c4cnn(CCN(C)C)c4)c4ccccc43)cn12.Cl. The summed E-state index contributed by atoms with van der Waals surface area (Å²) in [6, 6.07) is 14.1. The Morgan fingerprint density at radius 1 is 1.02 bits per heavy atom. The summed E-state index contributed by atoms with van der Waals surface area (Å²) in [4.78, 5) is 18.1. The van der Waals surface area contributed by atoms with E-state index in [1.54, 1.807) is 10.9 Å². The quantitative estimate of drug-likeness (QED) is 0.176. The minimum Gasteiger partial charge on any atom is -0.484 e. The molecule has 0 bridgehead atoms. The Morgan fingerprint density at radius 3 is 2.59 bits per heavy atom. The van der Waals surface area contributed by atoms with Crippen LogP contribution >= 0.6 is 12.4 Å². The number of likely N-dealkylation sites (N-methyl/N-ethyl adjacent to an activating group) is 1. The molecule has 2 N–H and O–H groups in total. The van der Waals surface area contributed by atoms with E-state index in [1.807, 2.05) is 65.9 Å². The van der Waals surface area contributed by atoms with E-state index in [0.717, 1.165) is 85.2 Å². The number of nitrogens with zero attached hydrogens (tertiary/aromatic N) is 9. The number of ether oxygens (including phenoxy) is 1. The molecule has 0 saturated carbocycles. The van der Waals surface area contributed by atoms with Gasteiger partial charge in [-0.3, -0.25) is 14.4 Å². The summed E-state index contributed by atoms with van der Waals surface area (Å²) >= 11 is 0. The number of carbonyl (C=O) groups excluding carboxylic acids is 1. The van der Waals surface area contributed by atoms with Crippen LogP contribution in [0.5, 0.6) is 5.75 Å². The van der Waals surface area contributed by atoms with E-state index < -0.39 is 0 Å². The van der Waals surface area contributed by atoms with Crippen LogP contribution in [-0.4, -0.2) is 78.3 Å². The van der Waals surface area contributed by atoms with Crippen LogP contribution < -0.4 is 20.3 Å². The van der Waals surface area contributed by atoms with Gasteiger partial charge in [-0.25, -0.2) is 9.48 Å². The van der Waals surface area contributed by atoms with Gasteiger partial charge in [-0.2, -0.15) is 10.2 Å². The van der Waals surface area contributed by atoms with E-state index >= 15 is 0 Å². The highest BCUT2D eigenvalue weighted by atomic mass is 35.5. The zero-order chi connectivity index (χ0) is 35.0. The number of pyridine rings is 1. The zero-order valence-electron chi connectivity index (χ0n) is 30.4. The van der Waals surface area contributed by atoms with Gasteiger partial charge >= 0.3 is 6.03 Å². The molecule has 14 heteroatoms. The number of rotatable bonds is 9. The second kappa shape index (κ2) is 14.9. The molecule has 272 valence electrons. The Balaban J connectivity index is 0.00000448. The van der Waals surface area contributed by atoms with Crippen LogP contribution in [0.1, 0.15) is 88.8 Å². The standard InChI is InChI=1S/C37H49N11O2.ClH/c1-25-11-9-10-18-46(25)36-42-41-33-17-14-27(24-47(33)36)50-31-16-15-30(28-12-7-8-13-29(28)31)39-35(49)40-34-21-32(37(2,3)4)43-48(34)26-22-38-45(23-26)20-19-44(5)6;/h7-8,12-14,17,21-25,30-31H,9-11,15-16,18-20H2,1-6H3,(H2,39,40,49);1H/t25-,30-,31+;/m0./s1. The third-order valence-electron chi connectivity index (χ3n) is 9.80. The summed E-state index contributed by atoms with van der Waals surface area (Å²) in [5.74, 6) is 2.22. The highest BCUT2D eigenvalue weighted by molar-refractivity contribution is 5.89. The fourth-order valence-electron chi connectivity index (χ4n) is 6.94. The average molecular weight is 716 g/mol. The van der Waals surface area contributed by atoms with Gasteiger partial charge in [0.15, 0.2) is 5.65 Å². The summed E-state index contributed by atoms with van der Waals surface area (Å²) in [7, 11) is 4.08. The van der Waals surface area contributed by atoms with Crippen LogP contribution in [0, 0.1) is 0 Å². The molecule has 1 aromatic carbocycles. The largest absolute Gasteiger partial charge is 0.484 e. The molecule has 1 fully saturated rings. The van der Waals surface area contributed by atoms with E-state index in [-0.39, 0.29) is 36.0 Å². The van der Waals surface area contributed by atoms with Crippen LogP contribution in [0.15, 0.2) is 61.1 Å². The van der Waals surface area contributed by atoms with Crippen LogP contribution in [0.4, 0.5) is 16.6 Å². The van der Waals surface area contributed by atoms with Crippen molar-refractivity contribution in [2.24, 2.45) is 0 Å². The fourth-order valence-corrected chi connectivity index (χ4v) is 6.94. The number of carbonyl (C=O) groups is 1. The first-order valence-corrected chi connectivity index (χ1v) is 17.8. The van der Waals surface area contributed by atoms with Gasteiger partial charge in [0, 0.05) is 30.6 Å². The summed E-state index contributed by atoms with van der Waals surface area (Å²) in [5.41, 5.74) is 4.39. The van der Waals surface area contributed by atoms with Crippen molar-refractivity contribution < 1.29 is 9.53 Å². The van der Waals surface area contributed by atoms with Crippen LogP contribution in [0.2, 0.25) is 0 Å². The molecular weight excluding hydrogens is 666 g/mol. The van der Waals surface area contributed by atoms with Crippen molar-refractivity contribution in [2.45, 2.75) is 89.9 Å². The maximum atomic E-state index is 13.6. The lowest BCUT2D eigenvalue weighted by Crippen LogP contribution is -2.38. The topological polar surface area (TPSA) is 123 Å². The number of fused-ring (bicyclic) bond motifs is 2. The van der Waals surface area contributed by atoms with Crippen molar-refractivity contribution in [3.8, 4) is 11.4 Å². The molecule has 2 amide bonds. The summed E-state index contributed by atoms with van der Waals surface area (Å²) in [5, 5.41) is 24.7. The maximum absolute atomic E-state index is 13.6. The molecule has 1 aliphatic heterocycles. The molecule has 0 radical (unpaired) electrons. The first-order valence-electron chi connectivity index (χ1n) is 17.8. The third kappa shape index (κ3) is 7.84. The third-order valence-corrected chi connectivity index (χ3v) is 9.80. The van der Waals surface area contributed by atoms with E-state index in [1.165, 1.54) is 6.42 Å². The second-order valence-corrected chi connectivity index (χ2v) is 14.9. The smallest absolute Gasteiger partial charge is 0.320 e. The molecule has 1 saturated heterocycles.